The van der Waals surface area contributed by atoms with Crippen LogP contribution in [0.3, 0.4) is 0 Å². The van der Waals surface area contributed by atoms with Crippen LogP contribution in [-0.4, -0.2) is 25.1 Å². The Labute approximate surface area is 145 Å². The molecule has 5 heteroatoms. The zero-order valence-corrected chi connectivity index (χ0v) is 14.0. The van der Waals surface area contributed by atoms with Gasteiger partial charge in [-0.1, -0.05) is 24.3 Å². The van der Waals surface area contributed by atoms with Gasteiger partial charge in [0.1, 0.15) is 0 Å². The highest BCUT2D eigenvalue weighted by atomic mass is 16.5. The maximum Gasteiger partial charge on any atom is 0.248 e. The number of carbonyl (C=O) groups is 1. The molecule has 0 aliphatic carbocycles. The molecule has 0 unspecified atom stereocenters. The maximum atomic E-state index is 12.2. The number of aromatic nitrogens is 1. The Kier molecular flexibility index (Phi) is 4.95. The fourth-order valence-electron chi connectivity index (χ4n) is 2.51. The van der Waals surface area contributed by atoms with Crippen LogP contribution in [0.15, 0.2) is 60.8 Å². The first-order valence-corrected chi connectivity index (χ1v) is 7.76. The van der Waals surface area contributed by atoms with Crippen LogP contribution in [0, 0.1) is 0 Å². The van der Waals surface area contributed by atoms with Crippen LogP contribution in [0.2, 0.25) is 0 Å². The smallest absolute Gasteiger partial charge is 0.248 e. The van der Waals surface area contributed by atoms with E-state index in [0.717, 1.165) is 16.5 Å². The van der Waals surface area contributed by atoms with E-state index in [-0.39, 0.29) is 5.91 Å². The number of rotatable bonds is 5. The molecule has 0 saturated heterocycles. The molecule has 5 nitrogen and oxygen atoms in total. The lowest BCUT2D eigenvalue weighted by Crippen LogP contribution is -2.08. The first-order chi connectivity index (χ1) is 12.2. The van der Waals surface area contributed by atoms with Gasteiger partial charge in [0.25, 0.3) is 0 Å². The summed E-state index contributed by atoms with van der Waals surface area (Å²) in [5, 5.41) is 3.84. The van der Waals surface area contributed by atoms with Crippen LogP contribution in [-0.2, 0) is 4.79 Å². The van der Waals surface area contributed by atoms with Crippen LogP contribution in [0.4, 0.5) is 5.69 Å². The van der Waals surface area contributed by atoms with E-state index in [0.29, 0.717) is 17.2 Å². The predicted molar refractivity (Wildman–Crippen MR) is 99.0 cm³/mol. The zero-order chi connectivity index (χ0) is 17.6. The summed E-state index contributed by atoms with van der Waals surface area (Å²) >= 11 is 0. The largest absolute Gasteiger partial charge is 0.493 e. The van der Waals surface area contributed by atoms with Gasteiger partial charge in [-0.3, -0.25) is 9.78 Å². The van der Waals surface area contributed by atoms with Gasteiger partial charge < -0.3 is 14.8 Å². The number of hydrogen-bond acceptors (Lipinski definition) is 4. The van der Waals surface area contributed by atoms with Crippen molar-refractivity contribution in [1.29, 1.82) is 0 Å². The molecule has 1 aromatic heterocycles. The van der Waals surface area contributed by atoms with Crippen LogP contribution < -0.4 is 14.8 Å². The molecular weight excluding hydrogens is 316 g/mol. The molecule has 3 rings (SSSR count). The summed E-state index contributed by atoms with van der Waals surface area (Å²) < 4.78 is 10.5. The summed E-state index contributed by atoms with van der Waals surface area (Å²) in [6.07, 6.45) is 4.90. The molecule has 126 valence electrons. The zero-order valence-electron chi connectivity index (χ0n) is 14.0. The number of carbonyl (C=O) groups excluding carboxylic acids is 1. The van der Waals surface area contributed by atoms with Crippen molar-refractivity contribution in [1.82, 2.24) is 4.98 Å². The molecule has 0 spiro atoms. The van der Waals surface area contributed by atoms with Crippen molar-refractivity contribution in [2.24, 2.45) is 0 Å². The molecule has 1 N–H and O–H groups in total. The molecule has 0 bridgehead atoms. The second kappa shape index (κ2) is 7.49. The molecule has 0 radical (unpaired) electrons. The van der Waals surface area contributed by atoms with Gasteiger partial charge >= 0.3 is 0 Å². The number of nitrogens with one attached hydrogen (secondary N) is 1. The lowest BCUT2D eigenvalue weighted by molar-refractivity contribution is -0.111. The van der Waals surface area contributed by atoms with E-state index >= 15 is 0 Å². The van der Waals surface area contributed by atoms with Gasteiger partial charge in [-0.2, -0.15) is 0 Å². The Morgan fingerprint density at radius 1 is 1.04 bits per heavy atom. The standard InChI is InChI=1S/C20H18N2O3/c1-24-17-10-8-14(13-18(17)25-2)9-11-19(23)22-16-7-3-5-15-6-4-12-21-20(15)16/h3-13H,1-2H3,(H,22,23)/b11-9+. The highest BCUT2D eigenvalue weighted by molar-refractivity contribution is 6.06. The summed E-state index contributed by atoms with van der Waals surface area (Å²) in [4.78, 5) is 16.6. The second-order valence-electron chi connectivity index (χ2n) is 5.32. The first-order valence-electron chi connectivity index (χ1n) is 7.76. The van der Waals surface area contributed by atoms with Crippen molar-refractivity contribution < 1.29 is 14.3 Å². The Hall–Kier alpha value is -3.34. The summed E-state index contributed by atoms with van der Waals surface area (Å²) in [5.74, 6) is 1.03. The Bertz CT molecular complexity index is 930. The average Bonchev–Trinajstić information content (AvgIpc) is 2.66. The van der Waals surface area contributed by atoms with Crippen molar-refractivity contribution in [3.8, 4) is 11.5 Å². The molecule has 3 aromatic rings. The molecule has 0 atom stereocenters. The van der Waals surface area contributed by atoms with Gasteiger partial charge in [0.15, 0.2) is 11.5 Å². The number of methoxy groups -OCH3 is 2. The predicted octanol–water partition coefficient (Wildman–Crippen LogP) is 3.90. The Morgan fingerprint density at radius 3 is 2.64 bits per heavy atom. The molecule has 0 aliphatic rings. The molecule has 1 heterocycles. The second-order valence-corrected chi connectivity index (χ2v) is 5.32. The van der Waals surface area contributed by atoms with Crippen molar-refractivity contribution in [3.05, 3.63) is 66.4 Å². The van der Waals surface area contributed by atoms with Gasteiger partial charge in [-0.05, 0) is 35.9 Å². The maximum absolute atomic E-state index is 12.2. The van der Waals surface area contributed by atoms with E-state index in [9.17, 15) is 4.79 Å². The number of para-hydroxylation sites is 1. The number of anilines is 1. The van der Waals surface area contributed by atoms with E-state index in [4.69, 9.17) is 9.47 Å². The van der Waals surface area contributed by atoms with Crippen LogP contribution in [0.5, 0.6) is 11.5 Å². The number of nitrogens with zero attached hydrogens (tertiary/aromatic N) is 1. The number of benzene rings is 2. The molecule has 0 aliphatic heterocycles. The minimum Gasteiger partial charge on any atom is -0.493 e. The Morgan fingerprint density at radius 2 is 1.84 bits per heavy atom. The molecule has 25 heavy (non-hydrogen) atoms. The highest BCUT2D eigenvalue weighted by Crippen LogP contribution is 2.28. The third kappa shape index (κ3) is 3.77. The van der Waals surface area contributed by atoms with Crippen molar-refractivity contribution in [3.63, 3.8) is 0 Å². The van der Waals surface area contributed by atoms with Crippen LogP contribution in [0.1, 0.15) is 5.56 Å². The molecule has 2 aromatic carbocycles. The monoisotopic (exact) mass is 334 g/mol. The number of amides is 1. The van der Waals surface area contributed by atoms with E-state index < -0.39 is 0 Å². The van der Waals surface area contributed by atoms with Crippen molar-refractivity contribution >= 4 is 28.6 Å². The average molecular weight is 334 g/mol. The first kappa shape index (κ1) is 16.5. The van der Waals surface area contributed by atoms with Crippen molar-refractivity contribution in [2.45, 2.75) is 0 Å². The van der Waals surface area contributed by atoms with Crippen LogP contribution >= 0.6 is 0 Å². The van der Waals surface area contributed by atoms with Gasteiger partial charge in [-0.25, -0.2) is 0 Å². The SMILES string of the molecule is COc1ccc(/C=C/C(=O)Nc2cccc3cccnc23)cc1OC. The number of pyridine rings is 1. The molecule has 0 saturated carbocycles. The topological polar surface area (TPSA) is 60.5 Å². The Balaban J connectivity index is 1.77. The summed E-state index contributed by atoms with van der Waals surface area (Å²) in [5.41, 5.74) is 2.28. The summed E-state index contributed by atoms with van der Waals surface area (Å²) in [6.45, 7) is 0. The van der Waals surface area contributed by atoms with Gasteiger partial charge in [-0.15, -0.1) is 0 Å². The summed E-state index contributed by atoms with van der Waals surface area (Å²) in [7, 11) is 3.16. The lowest BCUT2D eigenvalue weighted by Gasteiger charge is -2.08. The minimum atomic E-state index is -0.229. The fraction of sp³-hybridized carbons (Fsp3) is 0.100. The van der Waals surface area contributed by atoms with E-state index in [2.05, 4.69) is 10.3 Å². The van der Waals surface area contributed by atoms with Gasteiger partial charge in [0.05, 0.1) is 25.4 Å². The molecule has 1 amide bonds. The highest BCUT2D eigenvalue weighted by Gasteiger charge is 2.05. The number of ether oxygens (including phenoxy) is 2. The number of fused-ring (bicyclic) bond motifs is 1. The van der Waals surface area contributed by atoms with Crippen molar-refractivity contribution in [2.75, 3.05) is 19.5 Å². The normalized spacial score (nSPS) is 10.8. The lowest BCUT2D eigenvalue weighted by atomic mass is 10.1. The third-order valence-electron chi connectivity index (χ3n) is 3.73. The quantitative estimate of drug-likeness (QED) is 0.719. The van der Waals surface area contributed by atoms with Gasteiger partial charge in [0, 0.05) is 17.7 Å². The summed E-state index contributed by atoms with van der Waals surface area (Å²) in [6, 6.07) is 15.0. The minimum absolute atomic E-state index is 0.229. The third-order valence-corrected chi connectivity index (χ3v) is 3.73. The number of hydrogen-bond donors (Lipinski definition) is 1. The van der Waals surface area contributed by atoms with E-state index in [1.165, 1.54) is 6.08 Å². The van der Waals surface area contributed by atoms with E-state index in [1.807, 2.05) is 42.5 Å². The van der Waals surface area contributed by atoms with Crippen LogP contribution in [0.25, 0.3) is 17.0 Å². The molecule has 0 fully saturated rings. The fourth-order valence-corrected chi connectivity index (χ4v) is 2.51. The van der Waals surface area contributed by atoms with Gasteiger partial charge in [0.2, 0.25) is 5.91 Å². The molecular formula is C20H18N2O3. The van der Waals surface area contributed by atoms with E-state index in [1.54, 1.807) is 32.6 Å².